The smallest absolute Gasteiger partial charge is 0.305 e. The first-order valence-corrected chi connectivity index (χ1v) is 15.5. The number of benzene rings is 4. The van der Waals surface area contributed by atoms with E-state index in [0.29, 0.717) is 26.9 Å². The van der Waals surface area contributed by atoms with E-state index in [0.717, 1.165) is 38.8 Å². The van der Waals surface area contributed by atoms with Crippen molar-refractivity contribution in [3.63, 3.8) is 0 Å². The number of hydrogen-bond acceptors (Lipinski definition) is 9. The minimum Gasteiger partial charge on any atom is -0.484 e. The highest BCUT2D eigenvalue weighted by Crippen LogP contribution is 2.53. The van der Waals surface area contributed by atoms with Crippen LogP contribution in [0.5, 0.6) is 5.75 Å². The normalized spacial score (nSPS) is 18.8. The summed E-state index contributed by atoms with van der Waals surface area (Å²) in [4.78, 5) is 67.4. The minimum atomic E-state index is -0.844. The standard InChI is InChI=1S/C32H22N4O7S2/c37-24(33-20-9-8-17-4-1-2-5-18(17)14-20)16-43-23-7-3-6-19(15-23)25-26-28(44-29-27(25)45-32(40)34-29)31(39)35(30(26)38)21-10-12-22(13-11-21)36(41)42/h1-15,25-26,28H,16H2,(H,33,37)(H,34,40)/t25-,26?,28?/m1/s1. The number of nitrogens with one attached hydrogen (secondary N) is 2. The fraction of sp³-hybridized carbons (Fsp3) is 0.125. The van der Waals surface area contributed by atoms with Crippen molar-refractivity contribution in [1.82, 2.24) is 4.98 Å². The Hall–Kier alpha value is -5.27. The molecule has 0 saturated carbocycles. The first kappa shape index (κ1) is 28.5. The predicted octanol–water partition coefficient (Wildman–Crippen LogP) is 5.31. The number of aromatic nitrogens is 1. The van der Waals surface area contributed by atoms with Crippen molar-refractivity contribution in [2.45, 2.75) is 16.2 Å². The van der Waals surface area contributed by atoms with Crippen LogP contribution in [0.3, 0.4) is 0 Å². The lowest BCUT2D eigenvalue weighted by Crippen LogP contribution is -2.32. The molecule has 3 heterocycles. The van der Waals surface area contributed by atoms with Gasteiger partial charge in [0.15, 0.2) is 6.61 Å². The van der Waals surface area contributed by atoms with Gasteiger partial charge in [-0.3, -0.25) is 29.3 Å². The quantitative estimate of drug-likeness (QED) is 0.138. The zero-order chi connectivity index (χ0) is 31.2. The van der Waals surface area contributed by atoms with Crippen LogP contribution in [-0.2, 0) is 14.4 Å². The number of anilines is 2. The Labute approximate surface area is 263 Å². The molecule has 13 heteroatoms. The largest absolute Gasteiger partial charge is 0.484 e. The molecule has 2 aliphatic heterocycles. The third kappa shape index (κ3) is 5.25. The van der Waals surface area contributed by atoms with E-state index in [2.05, 4.69) is 10.3 Å². The molecule has 0 radical (unpaired) electrons. The molecule has 1 aromatic heterocycles. The van der Waals surface area contributed by atoms with E-state index >= 15 is 0 Å². The van der Waals surface area contributed by atoms with E-state index < -0.39 is 33.8 Å². The number of ether oxygens (including phenoxy) is 1. The summed E-state index contributed by atoms with van der Waals surface area (Å²) in [7, 11) is 0. The van der Waals surface area contributed by atoms with Crippen molar-refractivity contribution in [3.8, 4) is 5.75 Å². The van der Waals surface area contributed by atoms with E-state index in [9.17, 15) is 29.3 Å². The van der Waals surface area contributed by atoms with E-state index in [-0.39, 0.29) is 28.8 Å². The Morgan fingerprint density at radius 3 is 2.49 bits per heavy atom. The summed E-state index contributed by atoms with van der Waals surface area (Å²) >= 11 is 2.12. The Morgan fingerprint density at radius 1 is 0.933 bits per heavy atom. The zero-order valence-electron chi connectivity index (χ0n) is 23.2. The van der Waals surface area contributed by atoms with E-state index in [1.165, 1.54) is 24.3 Å². The number of thioether (sulfide) groups is 1. The van der Waals surface area contributed by atoms with Gasteiger partial charge in [-0.05, 0) is 52.7 Å². The molecule has 0 spiro atoms. The van der Waals surface area contributed by atoms with Gasteiger partial charge in [0.05, 0.1) is 21.6 Å². The molecule has 5 aromatic rings. The maximum Gasteiger partial charge on any atom is 0.305 e. The maximum atomic E-state index is 13.9. The Bertz CT molecular complexity index is 2070. The van der Waals surface area contributed by atoms with Gasteiger partial charge in [-0.1, -0.05) is 65.6 Å². The van der Waals surface area contributed by atoms with Gasteiger partial charge in [0.25, 0.3) is 11.6 Å². The second-order valence-corrected chi connectivity index (χ2v) is 12.7. The van der Waals surface area contributed by atoms with Crippen molar-refractivity contribution >= 4 is 68.7 Å². The minimum absolute atomic E-state index is 0.162. The molecule has 0 aliphatic carbocycles. The molecule has 3 amide bonds. The fourth-order valence-corrected chi connectivity index (χ4v) is 8.28. The third-order valence-electron chi connectivity index (χ3n) is 7.76. The summed E-state index contributed by atoms with van der Waals surface area (Å²) in [6.45, 7) is -0.267. The van der Waals surface area contributed by atoms with Crippen LogP contribution in [0.15, 0.2) is 101 Å². The summed E-state index contributed by atoms with van der Waals surface area (Å²) < 4.78 is 5.83. The lowest BCUT2D eigenvalue weighted by Gasteiger charge is -2.30. The number of aromatic amines is 1. The number of hydrogen-bond donors (Lipinski definition) is 2. The zero-order valence-corrected chi connectivity index (χ0v) is 24.8. The van der Waals surface area contributed by atoms with Gasteiger partial charge in [0.1, 0.15) is 11.0 Å². The monoisotopic (exact) mass is 638 g/mol. The van der Waals surface area contributed by atoms with Crippen molar-refractivity contribution < 1.29 is 24.0 Å². The van der Waals surface area contributed by atoms with Crippen molar-refractivity contribution in [2.75, 3.05) is 16.8 Å². The van der Waals surface area contributed by atoms with E-state index in [1.54, 1.807) is 24.3 Å². The Balaban J connectivity index is 1.14. The average Bonchev–Trinajstić information content (AvgIpc) is 3.53. The van der Waals surface area contributed by atoms with Crippen LogP contribution in [0.2, 0.25) is 0 Å². The highest BCUT2D eigenvalue weighted by molar-refractivity contribution is 8.00. The second kappa shape index (κ2) is 11.3. The third-order valence-corrected chi connectivity index (χ3v) is 10.2. The highest BCUT2D eigenvalue weighted by Gasteiger charge is 2.56. The maximum absolute atomic E-state index is 13.9. The molecule has 45 heavy (non-hydrogen) atoms. The van der Waals surface area contributed by atoms with Crippen LogP contribution in [0.1, 0.15) is 16.4 Å². The summed E-state index contributed by atoms with van der Waals surface area (Å²) in [5.74, 6) is -2.41. The van der Waals surface area contributed by atoms with E-state index in [1.807, 2.05) is 42.5 Å². The molecule has 0 bridgehead atoms. The number of H-pyrrole nitrogens is 1. The first-order valence-electron chi connectivity index (χ1n) is 13.8. The molecule has 2 aliphatic rings. The van der Waals surface area contributed by atoms with Crippen LogP contribution in [0, 0.1) is 16.0 Å². The molecule has 3 atom stereocenters. The number of rotatable bonds is 7. The lowest BCUT2D eigenvalue weighted by atomic mass is 9.83. The molecule has 224 valence electrons. The van der Waals surface area contributed by atoms with Crippen LogP contribution in [0.4, 0.5) is 17.1 Å². The summed E-state index contributed by atoms with van der Waals surface area (Å²) in [6, 6.07) is 25.6. The van der Waals surface area contributed by atoms with E-state index in [4.69, 9.17) is 4.74 Å². The van der Waals surface area contributed by atoms with Gasteiger partial charge in [-0.2, -0.15) is 0 Å². The molecule has 2 N–H and O–H groups in total. The van der Waals surface area contributed by atoms with Gasteiger partial charge < -0.3 is 15.0 Å². The molecule has 2 unspecified atom stereocenters. The number of nitrogens with zero attached hydrogens (tertiary/aromatic N) is 2. The molecule has 7 rings (SSSR count). The van der Waals surface area contributed by atoms with Crippen molar-refractivity contribution in [1.29, 1.82) is 0 Å². The van der Waals surface area contributed by atoms with Crippen molar-refractivity contribution in [3.05, 3.63) is 121 Å². The fourth-order valence-electron chi connectivity index (χ4n) is 5.76. The first-order chi connectivity index (χ1) is 21.8. The number of non-ortho nitro benzene ring substituents is 1. The molecule has 11 nitrogen and oxygen atoms in total. The number of carbonyl (C=O) groups is 3. The SMILES string of the molecule is O=C(COc1cccc([C@H]2c3sc(=O)[nH]c3SC3C(=O)N(c4ccc([N+](=O)[O-])cc4)C(=O)C32)c1)Nc1ccc2ccccc2c1. The Kier molecular flexibility index (Phi) is 7.18. The molecular formula is C32H22N4O7S2. The van der Waals surface area contributed by atoms with Gasteiger partial charge in [-0.25, -0.2) is 4.90 Å². The highest BCUT2D eigenvalue weighted by atomic mass is 32.2. The number of nitro groups is 1. The van der Waals surface area contributed by atoms with Crippen LogP contribution >= 0.6 is 23.1 Å². The summed E-state index contributed by atoms with van der Waals surface area (Å²) in [5.41, 5.74) is 1.35. The second-order valence-electron chi connectivity index (χ2n) is 10.5. The summed E-state index contributed by atoms with van der Waals surface area (Å²) in [5, 5.41) is 15.7. The number of nitro benzene ring substituents is 1. The molecule has 1 fully saturated rings. The van der Waals surface area contributed by atoms with Gasteiger partial charge >= 0.3 is 4.87 Å². The van der Waals surface area contributed by atoms with Crippen LogP contribution < -0.4 is 19.8 Å². The van der Waals surface area contributed by atoms with Gasteiger partial charge in [0.2, 0.25) is 11.8 Å². The van der Waals surface area contributed by atoms with Crippen molar-refractivity contribution in [2.24, 2.45) is 5.92 Å². The molecular weight excluding hydrogens is 617 g/mol. The van der Waals surface area contributed by atoms with Gasteiger partial charge in [0, 0.05) is 28.6 Å². The Morgan fingerprint density at radius 2 is 1.71 bits per heavy atom. The number of imide groups is 1. The van der Waals surface area contributed by atoms with Crippen LogP contribution in [-0.4, -0.2) is 39.5 Å². The number of carbonyl (C=O) groups excluding carboxylic acids is 3. The number of fused-ring (bicyclic) bond motifs is 3. The molecule has 4 aromatic carbocycles. The molecule has 1 saturated heterocycles. The number of thiazole rings is 1. The summed E-state index contributed by atoms with van der Waals surface area (Å²) in [6.07, 6.45) is 0. The van der Waals surface area contributed by atoms with Gasteiger partial charge in [-0.15, -0.1) is 0 Å². The topological polar surface area (TPSA) is 152 Å². The number of amides is 3. The lowest BCUT2D eigenvalue weighted by molar-refractivity contribution is -0.384. The van der Waals surface area contributed by atoms with Crippen LogP contribution in [0.25, 0.3) is 10.8 Å². The predicted molar refractivity (Wildman–Crippen MR) is 170 cm³/mol. The average molecular weight is 639 g/mol.